The SMILES string of the molecule is Cn1cc2c(n1)CCN(C[C@@H](O)CNC(=O)c1cc(Cl)ncn1)C2. The van der Waals surface area contributed by atoms with Crippen molar-refractivity contribution in [3.63, 3.8) is 0 Å². The van der Waals surface area contributed by atoms with Gasteiger partial charge in [0.15, 0.2) is 0 Å². The first-order chi connectivity index (χ1) is 11.5. The van der Waals surface area contributed by atoms with Crippen LogP contribution in [0.3, 0.4) is 0 Å². The number of carbonyl (C=O) groups excluding carboxylic acids is 1. The first kappa shape index (κ1) is 16.8. The second-order valence-electron chi connectivity index (χ2n) is 5.85. The van der Waals surface area contributed by atoms with E-state index in [0.717, 1.165) is 25.2 Å². The Kier molecular flexibility index (Phi) is 5.08. The van der Waals surface area contributed by atoms with Crippen LogP contribution in [0.15, 0.2) is 18.6 Å². The molecule has 0 spiro atoms. The Bertz CT molecular complexity index is 735. The zero-order valence-corrected chi connectivity index (χ0v) is 14.1. The number of aryl methyl sites for hydroxylation is 1. The van der Waals surface area contributed by atoms with E-state index in [4.69, 9.17) is 11.6 Å². The Morgan fingerprint density at radius 1 is 1.50 bits per heavy atom. The minimum absolute atomic E-state index is 0.150. The van der Waals surface area contributed by atoms with E-state index < -0.39 is 6.10 Å². The number of hydrogen-bond acceptors (Lipinski definition) is 6. The van der Waals surface area contributed by atoms with E-state index >= 15 is 0 Å². The summed E-state index contributed by atoms with van der Waals surface area (Å²) in [6.45, 7) is 2.24. The summed E-state index contributed by atoms with van der Waals surface area (Å²) in [4.78, 5) is 21.7. The van der Waals surface area contributed by atoms with Gasteiger partial charge in [-0.05, 0) is 0 Å². The molecule has 8 nitrogen and oxygen atoms in total. The molecule has 0 aromatic carbocycles. The van der Waals surface area contributed by atoms with E-state index in [1.165, 1.54) is 18.0 Å². The van der Waals surface area contributed by atoms with Gasteiger partial charge in [0.1, 0.15) is 17.2 Å². The van der Waals surface area contributed by atoms with Crippen molar-refractivity contribution in [1.29, 1.82) is 0 Å². The van der Waals surface area contributed by atoms with Crippen LogP contribution in [-0.2, 0) is 20.0 Å². The first-order valence-electron chi connectivity index (χ1n) is 7.69. The number of amides is 1. The number of nitrogens with one attached hydrogen (secondary N) is 1. The lowest BCUT2D eigenvalue weighted by Gasteiger charge is -2.28. The molecule has 2 aromatic heterocycles. The highest BCUT2D eigenvalue weighted by molar-refractivity contribution is 6.29. The third-order valence-electron chi connectivity index (χ3n) is 3.88. The molecule has 2 aromatic rings. The maximum absolute atomic E-state index is 12.0. The summed E-state index contributed by atoms with van der Waals surface area (Å²) in [6, 6.07) is 1.39. The van der Waals surface area contributed by atoms with E-state index in [-0.39, 0.29) is 23.3 Å². The van der Waals surface area contributed by atoms with Crippen LogP contribution < -0.4 is 5.32 Å². The van der Waals surface area contributed by atoms with Crippen LogP contribution in [0.2, 0.25) is 5.15 Å². The van der Waals surface area contributed by atoms with Crippen LogP contribution in [0.4, 0.5) is 0 Å². The van der Waals surface area contributed by atoms with Gasteiger partial charge in [-0.15, -0.1) is 0 Å². The monoisotopic (exact) mass is 350 g/mol. The Morgan fingerprint density at radius 3 is 3.12 bits per heavy atom. The largest absolute Gasteiger partial charge is 0.390 e. The first-order valence-corrected chi connectivity index (χ1v) is 8.06. The second-order valence-corrected chi connectivity index (χ2v) is 6.24. The molecule has 0 bridgehead atoms. The van der Waals surface area contributed by atoms with E-state index in [0.29, 0.717) is 6.54 Å². The molecule has 1 aliphatic rings. The van der Waals surface area contributed by atoms with Crippen molar-refractivity contribution in [1.82, 2.24) is 30.0 Å². The van der Waals surface area contributed by atoms with E-state index in [1.54, 1.807) is 0 Å². The maximum Gasteiger partial charge on any atom is 0.270 e. The number of nitrogens with zero attached hydrogens (tertiary/aromatic N) is 5. The maximum atomic E-state index is 12.0. The Labute approximate surface area is 144 Å². The normalized spacial score (nSPS) is 15.8. The quantitative estimate of drug-likeness (QED) is 0.738. The summed E-state index contributed by atoms with van der Waals surface area (Å²) in [7, 11) is 1.91. The molecular weight excluding hydrogens is 332 g/mol. The fourth-order valence-electron chi connectivity index (χ4n) is 2.79. The average molecular weight is 351 g/mol. The summed E-state index contributed by atoms with van der Waals surface area (Å²) >= 11 is 5.73. The van der Waals surface area contributed by atoms with Gasteiger partial charge in [-0.25, -0.2) is 9.97 Å². The summed E-state index contributed by atoms with van der Waals surface area (Å²) in [5.41, 5.74) is 2.49. The molecule has 9 heteroatoms. The highest BCUT2D eigenvalue weighted by Gasteiger charge is 2.21. The Morgan fingerprint density at radius 2 is 2.33 bits per heavy atom. The summed E-state index contributed by atoms with van der Waals surface area (Å²) in [5.74, 6) is -0.383. The number of fused-ring (bicyclic) bond motifs is 1. The highest BCUT2D eigenvalue weighted by Crippen LogP contribution is 2.17. The predicted molar refractivity (Wildman–Crippen MR) is 87.6 cm³/mol. The van der Waals surface area contributed by atoms with Gasteiger partial charge in [-0.3, -0.25) is 14.4 Å². The number of β-amino-alcohol motifs (C(OH)–C–C–N with tert-alkyl or cyclic N) is 1. The second kappa shape index (κ2) is 7.25. The lowest BCUT2D eigenvalue weighted by atomic mass is 10.1. The fraction of sp³-hybridized carbons (Fsp3) is 0.467. The minimum Gasteiger partial charge on any atom is -0.390 e. The highest BCUT2D eigenvalue weighted by atomic mass is 35.5. The van der Waals surface area contributed by atoms with Gasteiger partial charge in [0.25, 0.3) is 5.91 Å². The van der Waals surface area contributed by atoms with Crippen LogP contribution in [0.25, 0.3) is 0 Å². The molecule has 128 valence electrons. The zero-order valence-electron chi connectivity index (χ0n) is 13.3. The standard InChI is InChI=1S/C15H19ClN6O2/c1-21-6-10-7-22(3-2-12(10)20-21)8-11(23)5-17-15(24)13-4-14(16)19-9-18-13/h4,6,9,11,23H,2-3,5,7-8H2,1H3,(H,17,24)/t11-/m0/s1. The molecule has 1 amide bonds. The van der Waals surface area contributed by atoms with Gasteiger partial charge >= 0.3 is 0 Å². The van der Waals surface area contributed by atoms with Crippen molar-refractivity contribution in [3.8, 4) is 0 Å². The summed E-state index contributed by atoms with van der Waals surface area (Å²) in [5, 5.41) is 17.4. The van der Waals surface area contributed by atoms with E-state index in [1.807, 2.05) is 17.9 Å². The third-order valence-corrected chi connectivity index (χ3v) is 4.09. The summed E-state index contributed by atoms with van der Waals surface area (Å²) in [6.07, 6.45) is 3.44. The Hall–Kier alpha value is -2.03. The molecule has 2 N–H and O–H groups in total. The molecule has 0 unspecified atom stereocenters. The summed E-state index contributed by atoms with van der Waals surface area (Å²) < 4.78 is 1.82. The third kappa shape index (κ3) is 4.08. The van der Waals surface area contributed by atoms with E-state index in [2.05, 4.69) is 25.3 Å². The minimum atomic E-state index is -0.663. The molecule has 3 heterocycles. The number of halogens is 1. The van der Waals surface area contributed by atoms with Crippen LogP contribution >= 0.6 is 11.6 Å². The number of rotatable bonds is 5. The van der Waals surface area contributed by atoms with Crippen LogP contribution in [0, 0.1) is 0 Å². The average Bonchev–Trinajstić information content (AvgIpc) is 2.92. The van der Waals surface area contributed by atoms with Crippen molar-refractivity contribution in [2.24, 2.45) is 7.05 Å². The van der Waals surface area contributed by atoms with E-state index in [9.17, 15) is 9.90 Å². The molecule has 1 atom stereocenters. The number of aromatic nitrogens is 4. The van der Waals surface area contributed by atoms with Gasteiger partial charge in [0.2, 0.25) is 0 Å². The zero-order chi connectivity index (χ0) is 17.1. The van der Waals surface area contributed by atoms with Gasteiger partial charge in [-0.2, -0.15) is 5.10 Å². The fourth-order valence-corrected chi connectivity index (χ4v) is 2.93. The number of aliphatic hydroxyl groups excluding tert-OH is 1. The molecule has 1 aliphatic heterocycles. The molecule has 0 saturated heterocycles. The van der Waals surface area contributed by atoms with Gasteiger partial charge < -0.3 is 10.4 Å². The topological polar surface area (TPSA) is 96.2 Å². The van der Waals surface area contributed by atoms with Crippen molar-refractivity contribution < 1.29 is 9.90 Å². The smallest absolute Gasteiger partial charge is 0.270 e. The van der Waals surface area contributed by atoms with Crippen molar-refractivity contribution in [2.45, 2.75) is 19.1 Å². The lowest BCUT2D eigenvalue weighted by molar-refractivity contribution is 0.0837. The molecular formula is C15H19ClN6O2. The lowest BCUT2D eigenvalue weighted by Crippen LogP contribution is -2.42. The number of carbonyl (C=O) groups is 1. The Balaban J connectivity index is 1.48. The molecule has 0 saturated carbocycles. The molecule has 0 radical (unpaired) electrons. The van der Waals surface area contributed by atoms with Crippen molar-refractivity contribution >= 4 is 17.5 Å². The van der Waals surface area contributed by atoms with Crippen molar-refractivity contribution in [3.05, 3.63) is 40.7 Å². The van der Waals surface area contributed by atoms with Gasteiger partial charge in [0.05, 0.1) is 11.8 Å². The molecule has 0 fully saturated rings. The number of aliphatic hydroxyl groups is 1. The predicted octanol–water partition coefficient (Wildman–Crippen LogP) is 0.0125. The molecule has 24 heavy (non-hydrogen) atoms. The van der Waals surface area contributed by atoms with Crippen LogP contribution in [0.5, 0.6) is 0 Å². The van der Waals surface area contributed by atoms with Crippen LogP contribution in [-0.4, -0.2) is 61.4 Å². The molecule has 3 rings (SSSR count). The number of hydrogen-bond donors (Lipinski definition) is 2. The van der Waals surface area contributed by atoms with Gasteiger partial charge in [0, 0.05) is 57.5 Å². The van der Waals surface area contributed by atoms with Crippen molar-refractivity contribution in [2.75, 3.05) is 19.6 Å². The van der Waals surface area contributed by atoms with Gasteiger partial charge in [-0.1, -0.05) is 11.6 Å². The molecule has 0 aliphatic carbocycles. The van der Waals surface area contributed by atoms with Crippen LogP contribution in [0.1, 0.15) is 21.7 Å².